The predicted octanol–water partition coefficient (Wildman–Crippen LogP) is 1.91. The Labute approximate surface area is 106 Å². The summed E-state index contributed by atoms with van der Waals surface area (Å²) in [6.07, 6.45) is 3.00. The number of hydrogen-bond acceptors (Lipinski definition) is 5. The minimum absolute atomic E-state index is 0.604. The maximum absolute atomic E-state index is 9.94. The summed E-state index contributed by atoms with van der Waals surface area (Å²) in [6.45, 7) is 5.31. The number of nitrogens with one attached hydrogen (secondary N) is 1. The summed E-state index contributed by atoms with van der Waals surface area (Å²) in [5.41, 5.74) is 0.435. The number of rotatable bonds is 7. The van der Waals surface area contributed by atoms with Crippen LogP contribution in [0.15, 0.2) is 5.38 Å². The molecule has 92 valence electrons. The molecule has 3 nitrogen and oxygen atoms in total. The Kier molecular flexibility index (Phi) is 5.75. The van der Waals surface area contributed by atoms with Gasteiger partial charge in [-0.3, -0.25) is 0 Å². The highest BCUT2D eigenvalue weighted by Gasteiger charge is 2.18. The zero-order chi connectivity index (χ0) is 12.0. The zero-order valence-electron chi connectivity index (χ0n) is 10.1. The molecule has 5 heteroatoms. The van der Waals surface area contributed by atoms with Gasteiger partial charge in [-0.25, -0.2) is 4.98 Å². The van der Waals surface area contributed by atoms with Gasteiger partial charge in [0.25, 0.3) is 0 Å². The van der Waals surface area contributed by atoms with Gasteiger partial charge in [-0.05, 0) is 19.6 Å². The molecule has 0 aliphatic heterocycles. The second-order valence-electron chi connectivity index (χ2n) is 4.12. The fourth-order valence-electron chi connectivity index (χ4n) is 1.41. The van der Waals surface area contributed by atoms with Crippen molar-refractivity contribution in [2.45, 2.75) is 32.4 Å². The maximum Gasteiger partial charge on any atom is 0.0926 e. The maximum atomic E-state index is 9.94. The average Bonchev–Trinajstić information content (AvgIpc) is 2.65. The normalized spacial score (nSPS) is 15.0. The third-order valence-electron chi connectivity index (χ3n) is 2.17. The van der Waals surface area contributed by atoms with E-state index < -0.39 is 5.60 Å². The SMILES string of the molecule is CCc1nc(CNCC(C)(O)CSC)cs1. The standard InChI is InChI=1S/C11H20N2OS2/c1-4-10-13-9(6-16-10)5-12-7-11(2,14)8-15-3/h6,12,14H,4-5,7-8H2,1-3H3. The molecule has 0 amide bonds. The Hall–Kier alpha value is -0.100. The molecule has 1 aromatic rings. The Balaban J connectivity index is 2.29. The summed E-state index contributed by atoms with van der Waals surface area (Å²) < 4.78 is 0. The third kappa shape index (κ3) is 4.82. The van der Waals surface area contributed by atoms with E-state index in [1.54, 1.807) is 23.1 Å². The Morgan fingerprint density at radius 3 is 2.94 bits per heavy atom. The van der Waals surface area contributed by atoms with Gasteiger partial charge in [0.15, 0.2) is 0 Å². The van der Waals surface area contributed by atoms with Crippen molar-refractivity contribution in [2.24, 2.45) is 0 Å². The molecule has 0 saturated carbocycles. The zero-order valence-corrected chi connectivity index (χ0v) is 11.7. The van der Waals surface area contributed by atoms with Crippen molar-refractivity contribution in [3.8, 4) is 0 Å². The van der Waals surface area contributed by atoms with Crippen molar-refractivity contribution < 1.29 is 5.11 Å². The molecule has 1 rings (SSSR count). The van der Waals surface area contributed by atoms with E-state index >= 15 is 0 Å². The molecular weight excluding hydrogens is 240 g/mol. The van der Waals surface area contributed by atoms with Crippen molar-refractivity contribution in [3.05, 3.63) is 16.1 Å². The lowest BCUT2D eigenvalue weighted by Crippen LogP contribution is -2.39. The first-order valence-corrected chi connectivity index (χ1v) is 7.70. The molecule has 1 aromatic heterocycles. The van der Waals surface area contributed by atoms with Gasteiger partial charge in [0.1, 0.15) is 0 Å². The van der Waals surface area contributed by atoms with Crippen LogP contribution in [-0.2, 0) is 13.0 Å². The van der Waals surface area contributed by atoms with Crippen LogP contribution in [0.4, 0.5) is 0 Å². The lowest BCUT2D eigenvalue weighted by Gasteiger charge is -2.22. The summed E-state index contributed by atoms with van der Waals surface area (Å²) in [6, 6.07) is 0. The summed E-state index contributed by atoms with van der Waals surface area (Å²) in [7, 11) is 0. The fourth-order valence-corrected chi connectivity index (χ4v) is 2.88. The Morgan fingerprint density at radius 2 is 2.38 bits per heavy atom. The Bertz CT molecular complexity index is 313. The van der Waals surface area contributed by atoms with Crippen LogP contribution in [-0.4, -0.2) is 34.2 Å². The minimum Gasteiger partial charge on any atom is -0.388 e. The van der Waals surface area contributed by atoms with Gasteiger partial charge < -0.3 is 10.4 Å². The van der Waals surface area contributed by atoms with Crippen LogP contribution < -0.4 is 5.32 Å². The van der Waals surface area contributed by atoms with Crippen molar-refractivity contribution in [1.82, 2.24) is 10.3 Å². The van der Waals surface area contributed by atoms with Gasteiger partial charge in [0, 0.05) is 24.2 Å². The van der Waals surface area contributed by atoms with E-state index in [4.69, 9.17) is 0 Å². The van der Waals surface area contributed by atoms with Crippen LogP contribution in [0.2, 0.25) is 0 Å². The minimum atomic E-state index is -0.636. The summed E-state index contributed by atoms with van der Waals surface area (Å²) >= 11 is 3.36. The molecule has 1 atom stereocenters. The highest BCUT2D eigenvalue weighted by atomic mass is 32.2. The van der Waals surface area contributed by atoms with Crippen molar-refractivity contribution in [2.75, 3.05) is 18.6 Å². The first-order valence-electron chi connectivity index (χ1n) is 5.42. The highest BCUT2D eigenvalue weighted by Crippen LogP contribution is 2.11. The molecule has 0 bridgehead atoms. The van der Waals surface area contributed by atoms with E-state index in [0.29, 0.717) is 6.54 Å². The smallest absolute Gasteiger partial charge is 0.0926 e. The highest BCUT2D eigenvalue weighted by molar-refractivity contribution is 7.98. The van der Waals surface area contributed by atoms with E-state index in [1.807, 2.05) is 13.2 Å². The van der Waals surface area contributed by atoms with Gasteiger partial charge in [0.05, 0.1) is 16.3 Å². The van der Waals surface area contributed by atoms with E-state index in [-0.39, 0.29) is 0 Å². The largest absolute Gasteiger partial charge is 0.388 e. The fraction of sp³-hybridized carbons (Fsp3) is 0.727. The third-order valence-corrected chi connectivity index (χ3v) is 4.12. The van der Waals surface area contributed by atoms with E-state index in [0.717, 1.165) is 24.4 Å². The monoisotopic (exact) mass is 260 g/mol. The molecule has 0 spiro atoms. The molecular formula is C11H20N2OS2. The van der Waals surface area contributed by atoms with Crippen LogP contribution in [0.3, 0.4) is 0 Å². The van der Waals surface area contributed by atoms with Gasteiger partial charge in [-0.2, -0.15) is 11.8 Å². The molecule has 16 heavy (non-hydrogen) atoms. The van der Waals surface area contributed by atoms with Gasteiger partial charge >= 0.3 is 0 Å². The number of aryl methyl sites for hydroxylation is 1. The van der Waals surface area contributed by atoms with Crippen LogP contribution in [0.5, 0.6) is 0 Å². The average molecular weight is 260 g/mol. The number of hydrogen-bond donors (Lipinski definition) is 2. The second-order valence-corrected chi connectivity index (χ2v) is 5.93. The number of nitrogens with zero attached hydrogens (tertiary/aromatic N) is 1. The topological polar surface area (TPSA) is 45.2 Å². The molecule has 0 aliphatic carbocycles. The van der Waals surface area contributed by atoms with Crippen molar-refractivity contribution in [1.29, 1.82) is 0 Å². The van der Waals surface area contributed by atoms with E-state index in [2.05, 4.69) is 22.6 Å². The lowest BCUT2D eigenvalue weighted by atomic mass is 10.1. The van der Waals surface area contributed by atoms with Gasteiger partial charge in [-0.1, -0.05) is 6.92 Å². The summed E-state index contributed by atoms with van der Waals surface area (Å²) in [5.74, 6) is 0.747. The summed E-state index contributed by atoms with van der Waals surface area (Å²) in [5, 5.41) is 16.4. The quantitative estimate of drug-likeness (QED) is 0.786. The number of thiazole rings is 1. The van der Waals surface area contributed by atoms with E-state index in [1.165, 1.54) is 5.01 Å². The molecule has 1 heterocycles. The molecule has 0 radical (unpaired) electrons. The van der Waals surface area contributed by atoms with Gasteiger partial charge in [0.2, 0.25) is 0 Å². The molecule has 1 unspecified atom stereocenters. The van der Waals surface area contributed by atoms with Gasteiger partial charge in [-0.15, -0.1) is 11.3 Å². The number of aromatic nitrogens is 1. The Morgan fingerprint density at radius 1 is 1.62 bits per heavy atom. The number of thioether (sulfide) groups is 1. The lowest BCUT2D eigenvalue weighted by molar-refractivity contribution is 0.0845. The van der Waals surface area contributed by atoms with Crippen LogP contribution in [0.1, 0.15) is 24.5 Å². The predicted molar refractivity (Wildman–Crippen MR) is 72.2 cm³/mol. The molecule has 0 saturated heterocycles. The molecule has 2 N–H and O–H groups in total. The first-order chi connectivity index (χ1) is 7.57. The van der Waals surface area contributed by atoms with E-state index in [9.17, 15) is 5.11 Å². The van der Waals surface area contributed by atoms with Crippen molar-refractivity contribution in [3.63, 3.8) is 0 Å². The summed E-state index contributed by atoms with van der Waals surface area (Å²) in [4.78, 5) is 4.46. The number of aliphatic hydroxyl groups is 1. The van der Waals surface area contributed by atoms with Crippen LogP contribution >= 0.6 is 23.1 Å². The molecule has 0 fully saturated rings. The second kappa shape index (κ2) is 6.59. The molecule has 0 aromatic carbocycles. The van der Waals surface area contributed by atoms with Crippen LogP contribution in [0.25, 0.3) is 0 Å². The molecule has 0 aliphatic rings. The van der Waals surface area contributed by atoms with Crippen molar-refractivity contribution >= 4 is 23.1 Å². The van der Waals surface area contributed by atoms with Crippen LogP contribution in [0, 0.1) is 0 Å². The first kappa shape index (κ1) is 14.0.